The lowest BCUT2D eigenvalue weighted by Gasteiger charge is -2.32. The number of carbonyl (C=O) groups is 1. The number of nitrogens with zero attached hydrogens (tertiary/aromatic N) is 2. The molecule has 1 heterocycles. The fourth-order valence-corrected chi connectivity index (χ4v) is 2.08. The highest BCUT2D eigenvalue weighted by molar-refractivity contribution is 5.97. The van der Waals surface area contributed by atoms with Crippen LogP contribution in [0.4, 0.5) is 4.39 Å². The third-order valence-corrected chi connectivity index (χ3v) is 3.08. The van der Waals surface area contributed by atoms with Crippen molar-refractivity contribution in [2.75, 3.05) is 19.7 Å². The second kappa shape index (κ2) is 5.82. The van der Waals surface area contributed by atoms with Crippen molar-refractivity contribution >= 4 is 11.8 Å². The fraction of sp³-hybridized carbons (Fsp3) is 0.429. The van der Waals surface area contributed by atoms with E-state index in [1.807, 2.05) is 13.8 Å². The Morgan fingerprint density at radius 2 is 2.16 bits per heavy atom. The molecule has 0 bridgehead atoms. The summed E-state index contributed by atoms with van der Waals surface area (Å²) >= 11 is 0. The first kappa shape index (κ1) is 13.5. The molecule has 0 spiro atoms. The number of rotatable bonds is 2. The van der Waals surface area contributed by atoms with Gasteiger partial charge in [0.25, 0.3) is 5.91 Å². The second-order valence-corrected chi connectivity index (χ2v) is 4.33. The van der Waals surface area contributed by atoms with Gasteiger partial charge in [-0.1, -0.05) is 0 Å². The lowest BCUT2D eigenvalue weighted by molar-refractivity contribution is 0.0709. The Hall–Kier alpha value is -1.91. The number of halogens is 1. The monoisotopic (exact) mass is 264 g/mol. The standard InChI is InChI=1S/C14H17FN2O2/c1-3-19-13-10(2)17(9-8-16-13)14(18)11-4-6-12(15)7-5-11/h4-7,10H,3,8-9H2,1-2H3/t10-/m1/s1. The third-order valence-electron chi connectivity index (χ3n) is 3.08. The van der Waals surface area contributed by atoms with E-state index in [0.29, 0.717) is 31.2 Å². The Balaban J connectivity index is 2.15. The van der Waals surface area contributed by atoms with Gasteiger partial charge in [-0.3, -0.25) is 9.79 Å². The van der Waals surface area contributed by atoms with Gasteiger partial charge >= 0.3 is 0 Å². The van der Waals surface area contributed by atoms with Crippen LogP contribution in [0.25, 0.3) is 0 Å². The maximum Gasteiger partial charge on any atom is 0.254 e. The van der Waals surface area contributed by atoms with E-state index in [-0.39, 0.29) is 17.8 Å². The van der Waals surface area contributed by atoms with Crippen molar-refractivity contribution in [2.45, 2.75) is 19.9 Å². The first-order valence-electron chi connectivity index (χ1n) is 6.37. The minimum absolute atomic E-state index is 0.125. The minimum Gasteiger partial charge on any atom is -0.480 e. The Morgan fingerprint density at radius 1 is 1.47 bits per heavy atom. The van der Waals surface area contributed by atoms with Crippen LogP contribution in [0.15, 0.2) is 29.3 Å². The average molecular weight is 264 g/mol. The summed E-state index contributed by atoms with van der Waals surface area (Å²) in [6, 6.07) is 5.39. The highest BCUT2D eigenvalue weighted by atomic mass is 19.1. The molecule has 0 saturated heterocycles. The number of carbonyl (C=O) groups excluding carboxylic acids is 1. The molecule has 1 atom stereocenters. The van der Waals surface area contributed by atoms with Crippen molar-refractivity contribution in [1.29, 1.82) is 0 Å². The zero-order valence-electron chi connectivity index (χ0n) is 11.1. The molecule has 0 fully saturated rings. The van der Waals surface area contributed by atoms with Gasteiger partial charge < -0.3 is 9.64 Å². The summed E-state index contributed by atoms with van der Waals surface area (Å²) in [7, 11) is 0. The third kappa shape index (κ3) is 2.92. The van der Waals surface area contributed by atoms with Crippen LogP contribution in [0, 0.1) is 5.82 Å². The van der Waals surface area contributed by atoms with E-state index in [2.05, 4.69) is 4.99 Å². The molecule has 2 rings (SSSR count). The Morgan fingerprint density at radius 3 is 2.79 bits per heavy atom. The largest absolute Gasteiger partial charge is 0.480 e. The van der Waals surface area contributed by atoms with Gasteiger partial charge in [-0.2, -0.15) is 0 Å². The quantitative estimate of drug-likeness (QED) is 0.821. The molecule has 102 valence electrons. The highest BCUT2D eigenvalue weighted by Crippen LogP contribution is 2.14. The summed E-state index contributed by atoms with van der Waals surface area (Å²) in [6.07, 6.45) is 0. The van der Waals surface area contributed by atoms with E-state index < -0.39 is 0 Å². The summed E-state index contributed by atoms with van der Waals surface area (Å²) in [4.78, 5) is 18.3. The average Bonchev–Trinajstić information content (AvgIpc) is 2.41. The van der Waals surface area contributed by atoms with E-state index in [0.717, 1.165) is 0 Å². The van der Waals surface area contributed by atoms with Gasteiger partial charge in [0, 0.05) is 12.1 Å². The van der Waals surface area contributed by atoms with Gasteiger partial charge in [-0.05, 0) is 38.1 Å². The molecule has 1 amide bonds. The predicted molar refractivity (Wildman–Crippen MR) is 70.8 cm³/mol. The minimum atomic E-state index is -0.347. The Bertz CT molecular complexity index is 485. The molecule has 0 unspecified atom stereocenters. The van der Waals surface area contributed by atoms with Gasteiger partial charge in [0.2, 0.25) is 5.90 Å². The van der Waals surface area contributed by atoms with Crippen LogP contribution in [0.2, 0.25) is 0 Å². The summed E-state index contributed by atoms with van der Waals surface area (Å²) in [5.74, 6) is 0.114. The summed E-state index contributed by atoms with van der Waals surface area (Å²) in [6.45, 7) is 5.38. The van der Waals surface area contributed by atoms with E-state index >= 15 is 0 Å². The normalized spacial score (nSPS) is 19.0. The Kier molecular flexibility index (Phi) is 4.14. The van der Waals surface area contributed by atoms with Crippen molar-refractivity contribution in [2.24, 2.45) is 4.99 Å². The number of ether oxygens (including phenoxy) is 1. The molecule has 0 aromatic heterocycles. The first-order valence-corrected chi connectivity index (χ1v) is 6.37. The zero-order chi connectivity index (χ0) is 13.8. The first-order chi connectivity index (χ1) is 9.13. The van der Waals surface area contributed by atoms with Crippen LogP contribution in [0.3, 0.4) is 0 Å². The Labute approximate surface area is 111 Å². The molecule has 4 nitrogen and oxygen atoms in total. The maximum atomic E-state index is 12.9. The van der Waals surface area contributed by atoms with Gasteiger partial charge in [-0.25, -0.2) is 4.39 Å². The molecule has 0 radical (unpaired) electrons. The van der Waals surface area contributed by atoms with E-state index in [1.54, 1.807) is 4.90 Å². The fourth-order valence-electron chi connectivity index (χ4n) is 2.08. The van der Waals surface area contributed by atoms with E-state index in [9.17, 15) is 9.18 Å². The number of benzene rings is 1. The summed E-state index contributed by atoms with van der Waals surface area (Å²) < 4.78 is 18.3. The van der Waals surface area contributed by atoms with Gasteiger partial charge in [0.05, 0.1) is 13.2 Å². The lowest BCUT2D eigenvalue weighted by atomic mass is 10.1. The molecule has 1 aromatic carbocycles. The molecule has 1 aliphatic heterocycles. The maximum absolute atomic E-state index is 12.9. The number of aliphatic imine (C=N–C) groups is 1. The molecule has 1 aliphatic rings. The molecule has 5 heteroatoms. The predicted octanol–water partition coefficient (Wildman–Crippen LogP) is 2.10. The van der Waals surface area contributed by atoms with Crippen LogP contribution >= 0.6 is 0 Å². The van der Waals surface area contributed by atoms with Gasteiger partial charge in [0.1, 0.15) is 11.9 Å². The van der Waals surface area contributed by atoms with Crippen molar-refractivity contribution in [3.63, 3.8) is 0 Å². The van der Waals surface area contributed by atoms with Gasteiger partial charge in [-0.15, -0.1) is 0 Å². The van der Waals surface area contributed by atoms with Crippen molar-refractivity contribution in [3.8, 4) is 0 Å². The summed E-state index contributed by atoms with van der Waals surface area (Å²) in [5, 5.41) is 0. The number of amides is 1. The van der Waals surface area contributed by atoms with Crippen molar-refractivity contribution < 1.29 is 13.9 Å². The van der Waals surface area contributed by atoms with Crippen molar-refractivity contribution in [3.05, 3.63) is 35.6 Å². The summed E-state index contributed by atoms with van der Waals surface area (Å²) in [5.41, 5.74) is 0.478. The smallest absolute Gasteiger partial charge is 0.254 e. The molecule has 0 saturated carbocycles. The second-order valence-electron chi connectivity index (χ2n) is 4.33. The van der Waals surface area contributed by atoms with Crippen LogP contribution in [0.1, 0.15) is 24.2 Å². The van der Waals surface area contributed by atoms with Crippen LogP contribution in [0.5, 0.6) is 0 Å². The molecule has 0 aliphatic carbocycles. The molecule has 19 heavy (non-hydrogen) atoms. The number of hydrogen-bond acceptors (Lipinski definition) is 3. The van der Waals surface area contributed by atoms with Crippen LogP contribution < -0.4 is 0 Å². The van der Waals surface area contributed by atoms with Crippen molar-refractivity contribution in [1.82, 2.24) is 4.90 Å². The zero-order valence-corrected chi connectivity index (χ0v) is 11.1. The molecule has 0 N–H and O–H groups in total. The van der Waals surface area contributed by atoms with E-state index in [1.165, 1.54) is 24.3 Å². The molecular formula is C14H17FN2O2. The molecule has 1 aromatic rings. The van der Waals surface area contributed by atoms with Gasteiger partial charge in [0.15, 0.2) is 0 Å². The number of hydrogen-bond donors (Lipinski definition) is 0. The SMILES string of the molecule is CCOC1=NCCN(C(=O)c2ccc(F)cc2)[C@@H]1C. The highest BCUT2D eigenvalue weighted by Gasteiger charge is 2.28. The van der Waals surface area contributed by atoms with Crippen LogP contribution in [-0.4, -0.2) is 42.4 Å². The topological polar surface area (TPSA) is 41.9 Å². The van der Waals surface area contributed by atoms with Crippen LogP contribution in [-0.2, 0) is 4.74 Å². The lowest BCUT2D eigenvalue weighted by Crippen LogP contribution is -2.48. The molecular weight excluding hydrogens is 247 g/mol. The van der Waals surface area contributed by atoms with E-state index in [4.69, 9.17) is 4.74 Å².